The second kappa shape index (κ2) is 17.7. The second-order valence-electron chi connectivity index (χ2n) is 9.57. The third kappa shape index (κ3) is 16.4. The van der Waals surface area contributed by atoms with E-state index >= 15 is 0 Å². The Balaban J connectivity index is 4.01. The molecule has 0 aliphatic carbocycles. The van der Waals surface area contributed by atoms with E-state index in [0.717, 1.165) is 18.9 Å². The molecule has 5 heteroatoms. The fourth-order valence-corrected chi connectivity index (χ4v) is 6.10. The molecule has 0 aromatic rings. The summed E-state index contributed by atoms with van der Waals surface area (Å²) in [6, 6.07) is 0.885. The molecule has 0 rings (SSSR count). The normalized spacial score (nSPS) is 13.8. The van der Waals surface area contributed by atoms with Crippen LogP contribution in [0.2, 0.25) is 6.04 Å². The average Bonchev–Trinajstić information content (AvgIpc) is 2.68. The van der Waals surface area contributed by atoms with Crippen molar-refractivity contribution in [3.05, 3.63) is 0 Å². The van der Waals surface area contributed by atoms with Crippen molar-refractivity contribution in [2.75, 3.05) is 21.3 Å². The molecule has 0 aliphatic rings. The van der Waals surface area contributed by atoms with E-state index in [1.807, 2.05) is 0 Å². The Morgan fingerprint density at radius 3 is 1.52 bits per heavy atom. The largest absolute Gasteiger partial charge is 0.500 e. The first-order chi connectivity index (χ1) is 13.8. The highest BCUT2D eigenvalue weighted by atomic mass is 28.4. The van der Waals surface area contributed by atoms with Gasteiger partial charge in [-0.3, -0.25) is 0 Å². The van der Waals surface area contributed by atoms with E-state index in [9.17, 15) is 0 Å². The molecule has 0 aromatic carbocycles. The van der Waals surface area contributed by atoms with Gasteiger partial charge < -0.3 is 19.0 Å². The lowest BCUT2D eigenvalue weighted by atomic mass is 9.85. The van der Waals surface area contributed by atoms with Gasteiger partial charge in [-0.1, -0.05) is 90.4 Å². The van der Waals surface area contributed by atoms with Gasteiger partial charge in [-0.05, 0) is 32.6 Å². The molecule has 2 N–H and O–H groups in total. The maximum Gasteiger partial charge on any atom is 0.500 e. The van der Waals surface area contributed by atoms with Crippen molar-refractivity contribution in [3.63, 3.8) is 0 Å². The van der Waals surface area contributed by atoms with Gasteiger partial charge >= 0.3 is 8.80 Å². The minimum atomic E-state index is -2.44. The highest BCUT2D eigenvalue weighted by Gasteiger charge is 2.37. The summed E-state index contributed by atoms with van der Waals surface area (Å²) >= 11 is 0. The summed E-state index contributed by atoms with van der Waals surface area (Å²) in [5.74, 6) is 0.686. The van der Waals surface area contributed by atoms with Gasteiger partial charge in [-0.15, -0.1) is 0 Å². The van der Waals surface area contributed by atoms with Crippen LogP contribution in [0.25, 0.3) is 0 Å². The molecule has 0 fully saturated rings. The molecular weight excluding hydrogens is 378 g/mol. The lowest BCUT2D eigenvalue weighted by molar-refractivity contribution is 0.122. The lowest BCUT2D eigenvalue weighted by Gasteiger charge is -2.28. The monoisotopic (exact) mass is 431 g/mol. The van der Waals surface area contributed by atoms with Crippen molar-refractivity contribution in [1.82, 2.24) is 0 Å². The molecule has 0 spiro atoms. The molecule has 0 saturated carbocycles. The molecule has 0 bridgehead atoms. The molecular formula is C24H53NO3Si. The highest BCUT2D eigenvalue weighted by Crippen LogP contribution is 2.27. The van der Waals surface area contributed by atoms with E-state index in [1.54, 1.807) is 21.3 Å². The fourth-order valence-electron chi connectivity index (χ4n) is 4.35. The van der Waals surface area contributed by atoms with Crippen LogP contribution in [0, 0.1) is 5.92 Å². The molecule has 0 saturated heterocycles. The molecule has 1 atom stereocenters. The van der Waals surface area contributed by atoms with E-state index in [-0.39, 0.29) is 5.54 Å². The van der Waals surface area contributed by atoms with Gasteiger partial charge in [0.25, 0.3) is 0 Å². The summed E-state index contributed by atoms with van der Waals surface area (Å²) in [5, 5.41) is 0. The molecule has 176 valence electrons. The van der Waals surface area contributed by atoms with Gasteiger partial charge in [0, 0.05) is 32.9 Å². The minimum Gasteiger partial charge on any atom is -0.377 e. The standard InChI is InChI=1S/C24H53NO3Si/c1-7-8-9-10-11-12-13-14-15-16-17-19-23(22-24(2,3)25)20-18-21-29(26-4,27-5)28-6/h23H,7-22,25H2,1-6H3. The van der Waals surface area contributed by atoms with E-state index in [0.29, 0.717) is 5.92 Å². The number of rotatable bonds is 21. The first-order valence-corrected chi connectivity index (χ1v) is 14.2. The fraction of sp³-hybridized carbons (Fsp3) is 1.00. The van der Waals surface area contributed by atoms with E-state index in [4.69, 9.17) is 19.0 Å². The van der Waals surface area contributed by atoms with Crippen LogP contribution >= 0.6 is 0 Å². The maximum absolute atomic E-state index is 6.34. The van der Waals surface area contributed by atoms with Crippen molar-refractivity contribution in [2.24, 2.45) is 11.7 Å². The topological polar surface area (TPSA) is 53.7 Å². The van der Waals surface area contributed by atoms with Crippen LogP contribution in [0.1, 0.15) is 117 Å². The first kappa shape index (κ1) is 29.1. The number of hydrogen-bond acceptors (Lipinski definition) is 4. The summed E-state index contributed by atoms with van der Waals surface area (Å²) in [6.45, 7) is 6.59. The van der Waals surface area contributed by atoms with Gasteiger partial charge in [-0.25, -0.2) is 0 Å². The third-order valence-electron chi connectivity index (χ3n) is 6.06. The molecule has 0 radical (unpaired) electrons. The Labute approximate surface area is 184 Å². The third-order valence-corrected chi connectivity index (χ3v) is 8.89. The van der Waals surface area contributed by atoms with Crippen molar-refractivity contribution >= 4 is 8.80 Å². The highest BCUT2D eigenvalue weighted by molar-refractivity contribution is 6.60. The summed E-state index contributed by atoms with van der Waals surface area (Å²) in [6.07, 6.45) is 20.0. The van der Waals surface area contributed by atoms with Crippen LogP contribution in [0.15, 0.2) is 0 Å². The van der Waals surface area contributed by atoms with Crippen molar-refractivity contribution < 1.29 is 13.3 Å². The molecule has 0 heterocycles. The summed E-state index contributed by atoms with van der Waals surface area (Å²) in [4.78, 5) is 0. The minimum absolute atomic E-state index is 0.0965. The van der Waals surface area contributed by atoms with Gasteiger partial charge in [0.15, 0.2) is 0 Å². The van der Waals surface area contributed by atoms with Gasteiger partial charge in [0.2, 0.25) is 0 Å². The Kier molecular flexibility index (Phi) is 17.7. The zero-order chi connectivity index (χ0) is 22.0. The van der Waals surface area contributed by atoms with Crippen molar-refractivity contribution in [2.45, 2.75) is 129 Å². The zero-order valence-electron chi connectivity index (χ0n) is 20.7. The molecule has 1 unspecified atom stereocenters. The van der Waals surface area contributed by atoms with Crippen LogP contribution in [-0.4, -0.2) is 35.7 Å². The number of hydrogen-bond donors (Lipinski definition) is 1. The van der Waals surface area contributed by atoms with E-state index in [2.05, 4.69) is 20.8 Å². The Morgan fingerprint density at radius 1 is 0.690 bits per heavy atom. The SMILES string of the molecule is CCCCCCCCCCCCCC(CCC[Si](OC)(OC)OC)CC(C)(C)N. The first-order valence-electron chi connectivity index (χ1n) is 12.3. The van der Waals surface area contributed by atoms with Gasteiger partial charge in [-0.2, -0.15) is 0 Å². The average molecular weight is 432 g/mol. The van der Waals surface area contributed by atoms with E-state index < -0.39 is 8.80 Å². The quantitative estimate of drug-likeness (QED) is 0.156. The summed E-state index contributed by atoms with van der Waals surface area (Å²) in [7, 11) is 2.66. The van der Waals surface area contributed by atoms with Crippen LogP contribution < -0.4 is 5.73 Å². The Morgan fingerprint density at radius 2 is 1.10 bits per heavy atom. The molecule has 29 heavy (non-hydrogen) atoms. The Bertz CT molecular complexity index is 348. The molecule has 0 aromatic heterocycles. The van der Waals surface area contributed by atoms with Crippen molar-refractivity contribution in [3.8, 4) is 0 Å². The van der Waals surface area contributed by atoms with E-state index in [1.165, 1.54) is 83.5 Å². The van der Waals surface area contributed by atoms with Crippen LogP contribution in [0.5, 0.6) is 0 Å². The predicted octanol–water partition coefficient (Wildman–Crippen LogP) is 7.09. The smallest absolute Gasteiger partial charge is 0.377 e. The molecule has 0 amide bonds. The Hall–Kier alpha value is 0.0569. The van der Waals surface area contributed by atoms with Gasteiger partial charge in [0.05, 0.1) is 0 Å². The van der Waals surface area contributed by atoms with Crippen LogP contribution in [0.4, 0.5) is 0 Å². The maximum atomic E-state index is 6.34. The molecule has 4 nitrogen and oxygen atoms in total. The number of nitrogens with two attached hydrogens (primary N) is 1. The summed E-state index contributed by atoms with van der Waals surface area (Å²) < 4.78 is 16.7. The van der Waals surface area contributed by atoms with Gasteiger partial charge in [0.1, 0.15) is 0 Å². The zero-order valence-corrected chi connectivity index (χ0v) is 21.7. The van der Waals surface area contributed by atoms with Crippen LogP contribution in [-0.2, 0) is 13.3 Å². The van der Waals surface area contributed by atoms with Crippen molar-refractivity contribution in [1.29, 1.82) is 0 Å². The molecule has 0 aliphatic heterocycles. The lowest BCUT2D eigenvalue weighted by Crippen LogP contribution is -2.42. The number of unbranched alkanes of at least 4 members (excludes halogenated alkanes) is 10. The second-order valence-corrected chi connectivity index (χ2v) is 12.7. The summed E-state index contributed by atoms with van der Waals surface area (Å²) in [5.41, 5.74) is 6.24. The predicted molar refractivity (Wildman–Crippen MR) is 128 cm³/mol. The van der Waals surface area contributed by atoms with Crippen LogP contribution in [0.3, 0.4) is 0 Å².